The molecule has 7 nitrogen and oxygen atoms in total. The van der Waals surface area contributed by atoms with Gasteiger partial charge in [0.25, 0.3) is 5.56 Å². The number of para-hydroxylation sites is 1. The first-order valence-electron chi connectivity index (χ1n) is 8.12. The van der Waals surface area contributed by atoms with Crippen molar-refractivity contribution in [3.63, 3.8) is 0 Å². The van der Waals surface area contributed by atoms with Gasteiger partial charge >= 0.3 is 0 Å². The predicted octanol–water partition coefficient (Wildman–Crippen LogP) is 1.62. The maximum atomic E-state index is 12.6. The highest BCUT2D eigenvalue weighted by molar-refractivity contribution is 5.79. The topological polar surface area (TPSA) is 81.8 Å². The molecule has 0 saturated carbocycles. The van der Waals surface area contributed by atoms with Crippen molar-refractivity contribution in [3.8, 4) is 0 Å². The lowest BCUT2D eigenvalue weighted by atomic mass is 10.1. The molecule has 0 bridgehead atoms. The van der Waals surface area contributed by atoms with Gasteiger partial charge in [-0.15, -0.1) is 0 Å². The van der Waals surface area contributed by atoms with Crippen molar-refractivity contribution >= 4 is 16.8 Å². The molecule has 0 unspecified atom stereocenters. The van der Waals surface area contributed by atoms with E-state index in [0.717, 1.165) is 11.3 Å². The summed E-state index contributed by atoms with van der Waals surface area (Å²) in [5, 5.41) is 7.62. The van der Waals surface area contributed by atoms with Crippen molar-refractivity contribution in [2.24, 2.45) is 7.05 Å². The van der Waals surface area contributed by atoms with Gasteiger partial charge in [0.1, 0.15) is 12.4 Å². The van der Waals surface area contributed by atoms with Crippen LogP contribution < -0.4 is 10.9 Å². The normalized spacial score (nSPS) is 12.3. The van der Waals surface area contributed by atoms with E-state index < -0.39 is 0 Å². The summed E-state index contributed by atoms with van der Waals surface area (Å²) < 4.78 is 3.17. The quantitative estimate of drug-likeness (QED) is 0.783. The van der Waals surface area contributed by atoms with Crippen LogP contribution >= 0.6 is 0 Å². The second-order valence-electron chi connectivity index (χ2n) is 6.17. The lowest BCUT2D eigenvalue weighted by molar-refractivity contribution is -0.122. The van der Waals surface area contributed by atoms with Gasteiger partial charge in [0, 0.05) is 18.3 Å². The zero-order chi connectivity index (χ0) is 18.1. The summed E-state index contributed by atoms with van der Waals surface area (Å²) in [5.41, 5.74) is 2.38. The van der Waals surface area contributed by atoms with E-state index in [1.165, 1.54) is 4.57 Å². The Balaban J connectivity index is 1.83. The Bertz CT molecular complexity index is 1000. The second kappa shape index (κ2) is 6.51. The van der Waals surface area contributed by atoms with E-state index in [2.05, 4.69) is 15.4 Å². The molecule has 1 aromatic carbocycles. The van der Waals surface area contributed by atoms with E-state index >= 15 is 0 Å². The molecular formula is C18H21N5O2. The fraction of sp³-hybridized carbons (Fsp3) is 0.333. The van der Waals surface area contributed by atoms with Crippen molar-refractivity contribution in [1.82, 2.24) is 24.6 Å². The molecule has 3 rings (SSSR count). The summed E-state index contributed by atoms with van der Waals surface area (Å²) in [6.45, 7) is 5.52. The third kappa shape index (κ3) is 3.17. The molecule has 1 amide bonds. The molecule has 0 aliphatic rings. The molecule has 2 aromatic heterocycles. The lowest BCUT2D eigenvalue weighted by Crippen LogP contribution is -2.35. The first-order valence-corrected chi connectivity index (χ1v) is 8.12. The van der Waals surface area contributed by atoms with Crippen LogP contribution in [0.15, 0.2) is 35.3 Å². The first kappa shape index (κ1) is 16.9. The molecule has 25 heavy (non-hydrogen) atoms. The Morgan fingerprint density at radius 3 is 2.68 bits per heavy atom. The number of carbonyl (C=O) groups is 1. The summed E-state index contributed by atoms with van der Waals surface area (Å²) >= 11 is 0. The fourth-order valence-electron chi connectivity index (χ4n) is 2.91. The average molecular weight is 339 g/mol. The Hall–Kier alpha value is -2.96. The summed E-state index contributed by atoms with van der Waals surface area (Å²) in [6, 6.07) is 6.95. The third-order valence-electron chi connectivity index (χ3n) is 4.47. The van der Waals surface area contributed by atoms with Crippen LogP contribution in [0.25, 0.3) is 10.9 Å². The SMILES string of the molecule is Cc1c([C@@H](C)NC(=O)Cn2c(C)nc3ccccc3c2=O)cnn1C. The molecule has 1 atom stereocenters. The minimum absolute atomic E-state index is 0.0633. The Kier molecular flexibility index (Phi) is 4.39. The number of fused-ring (bicyclic) bond motifs is 1. The molecule has 0 fully saturated rings. The lowest BCUT2D eigenvalue weighted by Gasteiger charge is -2.15. The van der Waals surface area contributed by atoms with Crippen molar-refractivity contribution in [2.75, 3.05) is 0 Å². The van der Waals surface area contributed by atoms with Gasteiger partial charge < -0.3 is 5.32 Å². The van der Waals surface area contributed by atoms with Crippen LogP contribution in [0.3, 0.4) is 0 Å². The van der Waals surface area contributed by atoms with Gasteiger partial charge in [0.05, 0.1) is 23.1 Å². The standard InChI is InChI=1S/C18H21N5O2/c1-11(15-9-19-22(4)12(15)2)20-17(24)10-23-13(3)21-16-8-6-5-7-14(16)18(23)25/h5-9,11H,10H2,1-4H3,(H,20,24)/t11-/m1/s1. The number of aryl methyl sites for hydroxylation is 2. The largest absolute Gasteiger partial charge is 0.348 e. The van der Waals surface area contributed by atoms with Gasteiger partial charge in [0.15, 0.2) is 0 Å². The second-order valence-corrected chi connectivity index (χ2v) is 6.17. The number of amides is 1. The smallest absolute Gasteiger partial charge is 0.261 e. The van der Waals surface area contributed by atoms with Gasteiger partial charge in [-0.05, 0) is 32.9 Å². The molecule has 0 aliphatic carbocycles. The van der Waals surface area contributed by atoms with Crippen LogP contribution in [0.2, 0.25) is 0 Å². The number of nitrogens with zero attached hydrogens (tertiary/aromatic N) is 4. The van der Waals surface area contributed by atoms with E-state index in [9.17, 15) is 9.59 Å². The van der Waals surface area contributed by atoms with E-state index in [1.807, 2.05) is 27.0 Å². The Morgan fingerprint density at radius 1 is 1.28 bits per heavy atom. The fourth-order valence-corrected chi connectivity index (χ4v) is 2.91. The van der Waals surface area contributed by atoms with Gasteiger partial charge in [0.2, 0.25) is 5.91 Å². The zero-order valence-electron chi connectivity index (χ0n) is 14.8. The molecule has 1 N–H and O–H groups in total. The van der Waals surface area contributed by atoms with Crippen LogP contribution in [-0.4, -0.2) is 25.2 Å². The summed E-state index contributed by atoms with van der Waals surface area (Å²) in [7, 11) is 1.86. The summed E-state index contributed by atoms with van der Waals surface area (Å²) in [4.78, 5) is 29.5. The summed E-state index contributed by atoms with van der Waals surface area (Å²) in [6.07, 6.45) is 1.75. The first-order chi connectivity index (χ1) is 11.9. The molecule has 2 heterocycles. The number of hydrogen-bond donors (Lipinski definition) is 1. The molecule has 0 radical (unpaired) electrons. The van der Waals surface area contributed by atoms with Gasteiger partial charge in [-0.1, -0.05) is 12.1 Å². The Labute approximate surface area is 145 Å². The average Bonchev–Trinajstić information content (AvgIpc) is 2.91. The van der Waals surface area contributed by atoms with Gasteiger partial charge in [-0.3, -0.25) is 18.8 Å². The van der Waals surface area contributed by atoms with Crippen molar-refractivity contribution in [1.29, 1.82) is 0 Å². The maximum Gasteiger partial charge on any atom is 0.261 e. The van der Waals surface area contributed by atoms with Crippen molar-refractivity contribution in [3.05, 3.63) is 57.9 Å². The molecule has 0 saturated heterocycles. The van der Waals surface area contributed by atoms with E-state index in [-0.39, 0.29) is 24.1 Å². The highest BCUT2D eigenvalue weighted by Gasteiger charge is 2.16. The molecule has 7 heteroatoms. The molecule has 3 aromatic rings. The summed E-state index contributed by atoms with van der Waals surface area (Å²) in [5.74, 6) is 0.280. The molecule has 130 valence electrons. The van der Waals surface area contributed by atoms with E-state index in [1.54, 1.807) is 36.0 Å². The number of rotatable bonds is 4. The number of carbonyl (C=O) groups excluding carboxylic acids is 1. The minimum Gasteiger partial charge on any atom is -0.348 e. The van der Waals surface area contributed by atoms with Crippen LogP contribution in [0.4, 0.5) is 0 Å². The predicted molar refractivity (Wildman–Crippen MR) is 95.2 cm³/mol. The molecular weight excluding hydrogens is 318 g/mol. The number of hydrogen-bond acceptors (Lipinski definition) is 4. The number of benzene rings is 1. The van der Waals surface area contributed by atoms with E-state index in [4.69, 9.17) is 0 Å². The van der Waals surface area contributed by atoms with Crippen LogP contribution in [0.5, 0.6) is 0 Å². The van der Waals surface area contributed by atoms with Gasteiger partial charge in [-0.2, -0.15) is 5.10 Å². The Morgan fingerprint density at radius 2 is 2.00 bits per heavy atom. The molecule has 0 spiro atoms. The number of nitrogens with one attached hydrogen (secondary N) is 1. The maximum absolute atomic E-state index is 12.6. The monoisotopic (exact) mass is 339 g/mol. The zero-order valence-corrected chi connectivity index (χ0v) is 14.8. The van der Waals surface area contributed by atoms with Crippen molar-refractivity contribution < 1.29 is 4.79 Å². The third-order valence-corrected chi connectivity index (χ3v) is 4.47. The van der Waals surface area contributed by atoms with Crippen LogP contribution in [-0.2, 0) is 18.4 Å². The minimum atomic E-state index is -0.238. The molecule has 0 aliphatic heterocycles. The van der Waals surface area contributed by atoms with Gasteiger partial charge in [-0.25, -0.2) is 4.98 Å². The highest BCUT2D eigenvalue weighted by atomic mass is 16.2. The van der Waals surface area contributed by atoms with Crippen LogP contribution in [0.1, 0.15) is 30.0 Å². The van der Waals surface area contributed by atoms with E-state index in [0.29, 0.717) is 16.7 Å². The number of aromatic nitrogens is 4. The van der Waals surface area contributed by atoms with Crippen LogP contribution in [0, 0.1) is 13.8 Å². The highest BCUT2D eigenvalue weighted by Crippen LogP contribution is 2.16. The van der Waals surface area contributed by atoms with Crippen molar-refractivity contribution in [2.45, 2.75) is 33.4 Å².